The fourth-order valence-corrected chi connectivity index (χ4v) is 2.39. The van der Waals surface area contributed by atoms with Crippen LogP contribution < -0.4 is 20.1 Å². The number of para-hydroxylation sites is 2. The molecule has 0 saturated heterocycles. The normalized spacial score (nSPS) is 11.5. The van der Waals surface area contributed by atoms with Crippen LogP contribution in [0.25, 0.3) is 0 Å². The third-order valence-electron chi connectivity index (χ3n) is 3.61. The molecule has 0 bridgehead atoms. The second-order valence-corrected chi connectivity index (χ2v) is 5.76. The number of anilines is 2. The summed E-state index contributed by atoms with van der Waals surface area (Å²) in [6.07, 6.45) is 0. The van der Waals surface area contributed by atoms with Gasteiger partial charge in [-0.1, -0.05) is 23.7 Å². The van der Waals surface area contributed by atoms with Gasteiger partial charge in [0.25, 0.3) is 0 Å². The number of hydrogen-bond acceptors (Lipinski definition) is 4. The minimum Gasteiger partial charge on any atom is -0.495 e. The first kappa shape index (κ1) is 17.9. The van der Waals surface area contributed by atoms with E-state index in [4.69, 9.17) is 21.1 Å². The van der Waals surface area contributed by atoms with Gasteiger partial charge in [0.2, 0.25) is 5.91 Å². The molecule has 1 unspecified atom stereocenters. The zero-order chi connectivity index (χ0) is 17.7. The van der Waals surface area contributed by atoms with Crippen molar-refractivity contribution in [2.24, 2.45) is 0 Å². The Balaban J connectivity index is 2.13. The van der Waals surface area contributed by atoms with Crippen LogP contribution in [-0.2, 0) is 4.79 Å². The Morgan fingerprint density at radius 1 is 1.08 bits per heavy atom. The summed E-state index contributed by atoms with van der Waals surface area (Å²) in [5.74, 6) is 1.00. The van der Waals surface area contributed by atoms with Crippen LogP contribution in [-0.4, -0.2) is 26.2 Å². The SMILES string of the molecule is COc1cc(Cl)c(C)cc1NC(=O)C(C)Nc1ccccc1OC. The van der Waals surface area contributed by atoms with Crippen LogP contribution in [0.2, 0.25) is 5.02 Å². The van der Waals surface area contributed by atoms with Crippen molar-refractivity contribution < 1.29 is 14.3 Å². The lowest BCUT2D eigenvalue weighted by atomic mass is 10.2. The largest absolute Gasteiger partial charge is 0.495 e. The number of nitrogens with one attached hydrogen (secondary N) is 2. The van der Waals surface area contributed by atoms with Gasteiger partial charge in [0.05, 0.1) is 25.6 Å². The first-order chi connectivity index (χ1) is 11.5. The van der Waals surface area contributed by atoms with Crippen molar-refractivity contribution in [3.05, 3.63) is 47.0 Å². The van der Waals surface area contributed by atoms with Crippen LogP contribution in [0.3, 0.4) is 0 Å². The van der Waals surface area contributed by atoms with Crippen molar-refractivity contribution in [1.29, 1.82) is 0 Å². The van der Waals surface area contributed by atoms with Crippen molar-refractivity contribution in [3.8, 4) is 11.5 Å². The summed E-state index contributed by atoms with van der Waals surface area (Å²) in [7, 11) is 3.12. The molecular formula is C18H21ClN2O3. The first-order valence-electron chi connectivity index (χ1n) is 7.50. The highest BCUT2D eigenvalue weighted by molar-refractivity contribution is 6.31. The van der Waals surface area contributed by atoms with Crippen LogP contribution in [0.5, 0.6) is 11.5 Å². The third kappa shape index (κ3) is 4.11. The average Bonchev–Trinajstić information content (AvgIpc) is 2.58. The van der Waals surface area contributed by atoms with Gasteiger partial charge in [-0.05, 0) is 37.6 Å². The van der Waals surface area contributed by atoms with Gasteiger partial charge in [0.15, 0.2) is 0 Å². The Morgan fingerprint density at radius 2 is 1.75 bits per heavy atom. The molecule has 0 aliphatic heterocycles. The summed E-state index contributed by atoms with van der Waals surface area (Å²) in [5, 5.41) is 6.59. The molecule has 0 radical (unpaired) electrons. The maximum Gasteiger partial charge on any atom is 0.246 e. The zero-order valence-electron chi connectivity index (χ0n) is 14.1. The van der Waals surface area contributed by atoms with Gasteiger partial charge in [-0.15, -0.1) is 0 Å². The Labute approximate surface area is 146 Å². The Bertz CT molecular complexity index is 734. The van der Waals surface area contributed by atoms with Gasteiger partial charge in [-0.25, -0.2) is 0 Å². The number of methoxy groups -OCH3 is 2. The summed E-state index contributed by atoms with van der Waals surface area (Å²) in [4.78, 5) is 12.5. The highest BCUT2D eigenvalue weighted by Crippen LogP contribution is 2.31. The highest BCUT2D eigenvalue weighted by Gasteiger charge is 2.17. The van der Waals surface area contributed by atoms with Gasteiger partial charge < -0.3 is 20.1 Å². The summed E-state index contributed by atoms with van der Waals surface area (Å²) < 4.78 is 10.6. The molecule has 0 fully saturated rings. The number of aryl methyl sites for hydroxylation is 1. The van der Waals surface area contributed by atoms with Crippen molar-refractivity contribution in [3.63, 3.8) is 0 Å². The van der Waals surface area contributed by atoms with E-state index in [0.29, 0.717) is 22.2 Å². The van der Waals surface area contributed by atoms with E-state index < -0.39 is 6.04 Å². The van der Waals surface area contributed by atoms with E-state index in [-0.39, 0.29) is 5.91 Å². The van der Waals surface area contributed by atoms with Crippen LogP contribution in [0.1, 0.15) is 12.5 Å². The number of carbonyl (C=O) groups is 1. The third-order valence-corrected chi connectivity index (χ3v) is 4.02. The molecule has 0 aliphatic carbocycles. The van der Waals surface area contributed by atoms with E-state index >= 15 is 0 Å². The predicted molar refractivity (Wildman–Crippen MR) is 97.4 cm³/mol. The van der Waals surface area contributed by atoms with E-state index in [9.17, 15) is 4.79 Å². The van der Waals surface area contributed by atoms with Gasteiger partial charge in [-0.3, -0.25) is 4.79 Å². The molecule has 0 aromatic heterocycles. The first-order valence-corrected chi connectivity index (χ1v) is 7.88. The number of ether oxygens (including phenoxy) is 2. The number of benzene rings is 2. The fourth-order valence-electron chi connectivity index (χ4n) is 2.23. The molecule has 0 heterocycles. The topological polar surface area (TPSA) is 59.6 Å². The average molecular weight is 349 g/mol. The molecule has 24 heavy (non-hydrogen) atoms. The summed E-state index contributed by atoms with van der Waals surface area (Å²) >= 11 is 6.09. The lowest BCUT2D eigenvalue weighted by molar-refractivity contribution is -0.116. The number of halogens is 1. The summed E-state index contributed by atoms with van der Waals surface area (Å²) in [5.41, 5.74) is 2.19. The Kier molecular flexibility index (Phi) is 5.93. The highest BCUT2D eigenvalue weighted by atomic mass is 35.5. The maximum absolute atomic E-state index is 12.5. The Hall–Kier alpha value is -2.40. The molecule has 0 aliphatic rings. The van der Waals surface area contributed by atoms with Gasteiger partial charge >= 0.3 is 0 Å². The molecule has 0 saturated carbocycles. The quantitative estimate of drug-likeness (QED) is 0.825. The van der Waals surface area contributed by atoms with Crippen LogP contribution in [0, 0.1) is 6.92 Å². The van der Waals surface area contributed by atoms with Crippen LogP contribution in [0.15, 0.2) is 36.4 Å². The molecule has 5 nitrogen and oxygen atoms in total. The van der Waals surface area contributed by atoms with Crippen LogP contribution in [0.4, 0.5) is 11.4 Å². The second-order valence-electron chi connectivity index (χ2n) is 5.36. The molecule has 1 amide bonds. The van der Waals surface area contributed by atoms with Gasteiger partial charge in [0.1, 0.15) is 17.5 Å². The maximum atomic E-state index is 12.5. The molecular weight excluding hydrogens is 328 g/mol. The van der Waals surface area contributed by atoms with Gasteiger partial charge in [-0.2, -0.15) is 0 Å². The molecule has 1 atom stereocenters. The van der Waals surface area contributed by atoms with Crippen molar-refractivity contribution in [1.82, 2.24) is 0 Å². The molecule has 2 aromatic carbocycles. The smallest absolute Gasteiger partial charge is 0.246 e. The lowest BCUT2D eigenvalue weighted by Gasteiger charge is -2.18. The molecule has 0 spiro atoms. The minimum atomic E-state index is -0.470. The summed E-state index contributed by atoms with van der Waals surface area (Å²) in [6, 6.07) is 10.4. The van der Waals surface area contributed by atoms with Crippen molar-refractivity contribution in [2.75, 3.05) is 24.9 Å². The minimum absolute atomic E-state index is 0.194. The van der Waals surface area contributed by atoms with Crippen molar-refractivity contribution in [2.45, 2.75) is 19.9 Å². The molecule has 2 aromatic rings. The number of carbonyl (C=O) groups excluding carboxylic acids is 1. The molecule has 2 rings (SSSR count). The van der Waals surface area contributed by atoms with Gasteiger partial charge in [0, 0.05) is 11.1 Å². The zero-order valence-corrected chi connectivity index (χ0v) is 14.9. The Morgan fingerprint density at radius 3 is 2.42 bits per heavy atom. The van der Waals surface area contributed by atoms with E-state index in [1.807, 2.05) is 31.2 Å². The number of rotatable bonds is 6. The second kappa shape index (κ2) is 7.93. The number of amides is 1. The van der Waals surface area contributed by atoms with E-state index in [1.54, 1.807) is 26.2 Å². The molecule has 128 valence electrons. The molecule has 2 N–H and O–H groups in total. The molecule has 6 heteroatoms. The predicted octanol–water partition coefficient (Wildman–Crippen LogP) is 4.10. The number of hydrogen-bond donors (Lipinski definition) is 2. The summed E-state index contributed by atoms with van der Waals surface area (Å²) in [6.45, 7) is 3.64. The van der Waals surface area contributed by atoms with E-state index in [1.165, 1.54) is 7.11 Å². The monoisotopic (exact) mass is 348 g/mol. The van der Waals surface area contributed by atoms with E-state index in [0.717, 1.165) is 11.3 Å². The standard InChI is InChI=1S/C18H21ClN2O3/c1-11-9-15(17(24-4)10-13(11)19)21-18(22)12(2)20-14-7-5-6-8-16(14)23-3/h5-10,12,20H,1-4H3,(H,21,22). The fraction of sp³-hybridized carbons (Fsp3) is 0.278. The lowest BCUT2D eigenvalue weighted by Crippen LogP contribution is -2.32. The van der Waals surface area contributed by atoms with E-state index in [2.05, 4.69) is 10.6 Å². The van der Waals surface area contributed by atoms with Crippen LogP contribution >= 0.6 is 11.6 Å². The van der Waals surface area contributed by atoms with Crippen molar-refractivity contribution >= 4 is 28.9 Å².